The third-order valence-electron chi connectivity index (χ3n) is 2.11. The highest BCUT2D eigenvalue weighted by Gasteiger charge is 2.00. The van der Waals surface area contributed by atoms with Crippen molar-refractivity contribution in [3.63, 3.8) is 0 Å². The maximum absolute atomic E-state index is 10.9. The van der Waals surface area contributed by atoms with E-state index >= 15 is 0 Å². The highest BCUT2D eigenvalue weighted by atomic mass is 79.9. The summed E-state index contributed by atoms with van der Waals surface area (Å²) in [5.74, 6) is 0.250. The zero-order valence-electron chi connectivity index (χ0n) is 9.24. The molecule has 0 aliphatic carbocycles. The second kappa shape index (κ2) is 6.37. The van der Waals surface area contributed by atoms with E-state index in [2.05, 4.69) is 21.2 Å². The quantitative estimate of drug-likeness (QED) is 0.818. The van der Waals surface area contributed by atoms with Gasteiger partial charge < -0.3 is 5.32 Å². The summed E-state index contributed by atoms with van der Waals surface area (Å²) in [6.07, 6.45) is 1.93. The maximum atomic E-state index is 10.9. The Labute approximate surface area is 105 Å². The number of sulfone groups is 1. The first-order valence-corrected chi connectivity index (χ1v) is 7.95. The fourth-order valence-electron chi connectivity index (χ4n) is 1.29. The fraction of sp³-hybridized carbons (Fsp3) is 0.455. The minimum Gasteiger partial charge on any atom is -0.313 e. The predicted octanol–water partition coefficient (Wildman–Crippen LogP) is 1.97. The van der Waals surface area contributed by atoms with E-state index < -0.39 is 9.84 Å². The van der Waals surface area contributed by atoms with Crippen molar-refractivity contribution in [2.75, 3.05) is 18.6 Å². The monoisotopic (exact) mass is 305 g/mol. The summed E-state index contributed by atoms with van der Waals surface area (Å²) in [7, 11) is -2.82. The van der Waals surface area contributed by atoms with E-state index in [4.69, 9.17) is 0 Å². The van der Waals surface area contributed by atoms with E-state index in [1.807, 2.05) is 24.3 Å². The van der Waals surface area contributed by atoms with Crippen molar-refractivity contribution in [2.24, 2.45) is 0 Å². The lowest BCUT2D eigenvalue weighted by atomic mass is 10.2. The summed E-state index contributed by atoms with van der Waals surface area (Å²) in [5, 5.41) is 3.21. The molecule has 0 atom stereocenters. The standard InChI is InChI=1S/C11H16BrNO2S/c1-16(14,15)8-2-7-13-9-10-3-5-11(12)6-4-10/h3-6,13H,2,7-9H2,1H3. The molecule has 90 valence electrons. The molecule has 0 saturated heterocycles. The van der Waals surface area contributed by atoms with Gasteiger partial charge in [0, 0.05) is 17.3 Å². The van der Waals surface area contributed by atoms with E-state index in [0.29, 0.717) is 6.42 Å². The molecule has 0 amide bonds. The second-order valence-corrected chi connectivity index (χ2v) is 6.96. The Kier molecular flexibility index (Phi) is 5.44. The van der Waals surface area contributed by atoms with Crippen LogP contribution in [0.3, 0.4) is 0 Å². The number of hydrogen-bond acceptors (Lipinski definition) is 3. The van der Waals surface area contributed by atoms with E-state index in [-0.39, 0.29) is 5.75 Å². The van der Waals surface area contributed by atoms with Crippen LogP contribution in [0.5, 0.6) is 0 Å². The minimum atomic E-state index is -2.82. The highest BCUT2D eigenvalue weighted by molar-refractivity contribution is 9.10. The zero-order chi connectivity index (χ0) is 12.0. The molecule has 0 bridgehead atoms. The number of nitrogens with one attached hydrogen (secondary N) is 1. The summed E-state index contributed by atoms with van der Waals surface area (Å²) >= 11 is 3.37. The zero-order valence-corrected chi connectivity index (χ0v) is 11.6. The summed E-state index contributed by atoms with van der Waals surface area (Å²) in [5.41, 5.74) is 1.20. The van der Waals surface area contributed by atoms with E-state index in [1.54, 1.807) is 0 Å². The van der Waals surface area contributed by atoms with Crippen LogP contribution in [0.4, 0.5) is 0 Å². The van der Waals surface area contributed by atoms with E-state index in [1.165, 1.54) is 11.8 Å². The van der Waals surface area contributed by atoms with Gasteiger partial charge in [-0.15, -0.1) is 0 Å². The summed E-state index contributed by atoms with van der Waals surface area (Å²) in [6, 6.07) is 8.06. The Morgan fingerprint density at radius 2 is 1.88 bits per heavy atom. The molecule has 0 fully saturated rings. The number of benzene rings is 1. The molecule has 16 heavy (non-hydrogen) atoms. The molecule has 0 spiro atoms. The molecular formula is C11H16BrNO2S. The van der Waals surface area contributed by atoms with E-state index in [0.717, 1.165) is 17.6 Å². The largest absolute Gasteiger partial charge is 0.313 e. The molecule has 0 aromatic heterocycles. The summed E-state index contributed by atoms with van der Waals surface area (Å²) in [4.78, 5) is 0. The van der Waals surface area contributed by atoms with Crippen molar-refractivity contribution >= 4 is 25.8 Å². The SMILES string of the molecule is CS(=O)(=O)CCCNCc1ccc(Br)cc1. The van der Waals surface area contributed by atoms with Crippen molar-refractivity contribution in [3.05, 3.63) is 34.3 Å². The number of hydrogen-bond donors (Lipinski definition) is 1. The van der Waals surface area contributed by atoms with Crippen molar-refractivity contribution in [2.45, 2.75) is 13.0 Å². The molecule has 0 aliphatic heterocycles. The first kappa shape index (κ1) is 13.7. The smallest absolute Gasteiger partial charge is 0.147 e. The number of halogens is 1. The van der Waals surface area contributed by atoms with Crippen molar-refractivity contribution in [1.82, 2.24) is 5.32 Å². The van der Waals surface area contributed by atoms with Crippen molar-refractivity contribution in [1.29, 1.82) is 0 Å². The Hall–Kier alpha value is -0.390. The Balaban J connectivity index is 2.19. The van der Waals surface area contributed by atoms with Gasteiger partial charge in [0.15, 0.2) is 0 Å². The van der Waals surface area contributed by atoms with Gasteiger partial charge in [-0.2, -0.15) is 0 Å². The van der Waals surface area contributed by atoms with E-state index in [9.17, 15) is 8.42 Å². The highest BCUT2D eigenvalue weighted by Crippen LogP contribution is 2.10. The average Bonchev–Trinajstić information content (AvgIpc) is 2.19. The first-order valence-electron chi connectivity index (χ1n) is 5.10. The first-order chi connectivity index (χ1) is 7.47. The number of rotatable bonds is 6. The molecule has 1 N–H and O–H groups in total. The Morgan fingerprint density at radius 1 is 1.25 bits per heavy atom. The van der Waals surface area contributed by atoms with Crippen LogP contribution in [-0.4, -0.2) is 27.0 Å². The van der Waals surface area contributed by atoms with Crippen LogP contribution in [0.15, 0.2) is 28.7 Å². The minimum absolute atomic E-state index is 0.250. The molecule has 3 nitrogen and oxygen atoms in total. The van der Waals surface area contributed by atoms with Gasteiger partial charge in [-0.1, -0.05) is 28.1 Å². The van der Waals surface area contributed by atoms with Gasteiger partial charge in [0.2, 0.25) is 0 Å². The molecule has 0 aliphatic rings. The lowest BCUT2D eigenvalue weighted by molar-refractivity contribution is 0.594. The molecule has 0 unspecified atom stereocenters. The third kappa shape index (κ3) is 6.25. The third-order valence-corrected chi connectivity index (χ3v) is 3.67. The van der Waals surface area contributed by atoms with Crippen LogP contribution in [0.1, 0.15) is 12.0 Å². The fourth-order valence-corrected chi connectivity index (χ4v) is 2.23. The normalized spacial score (nSPS) is 11.6. The van der Waals surface area contributed by atoms with Crippen molar-refractivity contribution < 1.29 is 8.42 Å². The lowest BCUT2D eigenvalue weighted by Crippen LogP contribution is -2.17. The van der Waals surface area contributed by atoms with Gasteiger partial charge in [0.1, 0.15) is 9.84 Å². The van der Waals surface area contributed by atoms with Crippen LogP contribution in [0, 0.1) is 0 Å². The summed E-state index contributed by atoms with van der Waals surface area (Å²) in [6.45, 7) is 1.50. The van der Waals surface area contributed by atoms with Gasteiger partial charge >= 0.3 is 0 Å². The van der Waals surface area contributed by atoms with Crippen LogP contribution in [-0.2, 0) is 16.4 Å². The van der Waals surface area contributed by atoms with Gasteiger partial charge in [-0.25, -0.2) is 8.42 Å². The Morgan fingerprint density at radius 3 is 2.44 bits per heavy atom. The van der Waals surface area contributed by atoms with Gasteiger partial charge in [0.05, 0.1) is 5.75 Å². The Bertz CT molecular complexity index is 414. The predicted molar refractivity (Wildman–Crippen MR) is 70.2 cm³/mol. The lowest BCUT2D eigenvalue weighted by Gasteiger charge is -2.04. The molecule has 0 heterocycles. The van der Waals surface area contributed by atoms with Gasteiger partial charge in [0.25, 0.3) is 0 Å². The molecular weight excluding hydrogens is 290 g/mol. The molecule has 5 heteroatoms. The van der Waals surface area contributed by atoms with Crippen LogP contribution in [0.2, 0.25) is 0 Å². The average molecular weight is 306 g/mol. The van der Waals surface area contributed by atoms with Gasteiger partial charge in [-0.3, -0.25) is 0 Å². The molecule has 1 rings (SSSR count). The van der Waals surface area contributed by atoms with Crippen LogP contribution < -0.4 is 5.32 Å². The molecule has 0 saturated carbocycles. The van der Waals surface area contributed by atoms with Crippen LogP contribution in [0.25, 0.3) is 0 Å². The van der Waals surface area contributed by atoms with Crippen molar-refractivity contribution in [3.8, 4) is 0 Å². The summed E-state index contributed by atoms with van der Waals surface area (Å²) < 4.78 is 22.8. The molecule has 1 aromatic rings. The molecule has 0 radical (unpaired) electrons. The topological polar surface area (TPSA) is 46.2 Å². The molecule has 1 aromatic carbocycles. The second-order valence-electron chi connectivity index (χ2n) is 3.79. The van der Waals surface area contributed by atoms with Crippen LogP contribution >= 0.6 is 15.9 Å². The van der Waals surface area contributed by atoms with Gasteiger partial charge in [-0.05, 0) is 30.7 Å². The maximum Gasteiger partial charge on any atom is 0.147 e.